The number of rotatable bonds is 3. The predicted octanol–water partition coefficient (Wildman–Crippen LogP) is 5.93. The molecule has 2 N–H and O–H groups in total. The summed E-state index contributed by atoms with van der Waals surface area (Å²) in [4.78, 5) is 12.4. The van der Waals surface area contributed by atoms with Crippen molar-refractivity contribution in [2.45, 2.75) is 20.8 Å². The molecule has 0 aliphatic rings. The van der Waals surface area contributed by atoms with E-state index in [1.165, 1.54) is 16.9 Å². The Kier molecular flexibility index (Phi) is 4.79. The minimum Gasteiger partial charge on any atom is -0.308 e. The molecule has 0 bridgehead atoms. The van der Waals surface area contributed by atoms with E-state index in [-0.39, 0.29) is 6.03 Å². The van der Waals surface area contributed by atoms with E-state index < -0.39 is 0 Å². The highest BCUT2D eigenvalue weighted by Gasteiger charge is 2.14. The molecule has 0 saturated carbocycles. The number of hydrogen-bond donors (Lipinski definition) is 2. The highest BCUT2D eigenvalue weighted by molar-refractivity contribution is 7.18. The summed E-state index contributed by atoms with van der Waals surface area (Å²) in [5.41, 5.74) is 5.33. The van der Waals surface area contributed by atoms with E-state index in [9.17, 15) is 4.79 Å². The molecule has 0 fully saturated rings. The summed E-state index contributed by atoms with van der Waals surface area (Å²) >= 11 is 1.37. The third kappa shape index (κ3) is 3.73. The number of anilines is 2. The number of hydrogen-bond acceptors (Lipinski definition) is 4. The quantitative estimate of drug-likeness (QED) is 0.457. The van der Waals surface area contributed by atoms with E-state index in [1.54, 1.807) is 0 Å². The van der Waals surface area contributed by atoms with Gasteiger partial charge in [-0.15, -0.1) is 10.2 Å². The zero-order chi connectivity index (χ0) is 19.7. The van der Waals surface area contributed by atoms with Gasteiger partial charge in [0, 0.05) is 11.3 Å². The predicted molar refractivity (Wildman–Crippen MR) is 116 cm³/mol. The van der Waals surface area contributed by atoms with Gasteiger partial charge < -0.3 is 5.32 Å². The van der Waals surface area contributed by atoms with Crippen molar-refractivity contribution in [2.75, 3.05) is 10.6 Å². The molecule has 3 aromatic carbocycles. The Labute approximate surface area is 167 Å². The van der Waals surface area contributed by atoms with Crippen LogP contribution in [0.25, 0.3) is 21.3 Å². The third-order valence-corrected chi connectivity index (χ3v) is 5.40. The minimum absolute atomic E-state index is 0.338. The number of aromatic nitrogens is 2. The molecule has 1 aromatic heterocycles. The van der Waals surface area contributed by atoms with Crippen LogP contribution in [-0.2, 0) is 0 Å². The SMILES string of the molecule is Cc1cc(C)c(-c2nnc(NC(=O)Nc3ccc4ccccc4c3)s2)c(C)c1. The molecule has 0 aliphatic heterocycles. The number of benzene rings is 3. The second kappa shape index (κ2) is 7.40. The first-order chi connectivity index (χ1) is 13.5. The van der Waals surface area contributed by atoms with Gasteiger partial charge in [0.05, 0.1) is 0 Å². The normalized spacial score (nSPS) is 10.8. The summed E-state index contributed by atoms with van der Waals surface area (Å²) < 4.78 is 0. The molecular formula is C22H20N4OS. The lowest BCUT2D eigenvalue weighted by Crippen LogP contribution is -2.19. The maximum absolute atomic E-state index is 12.4. The second-order valence-corrected chi connectivity index (χ2v) is 7.80. The highest BCUT2D eigenvalue weighted by atomic mass is 32.1. The molecule has 140 valence electrons. The van der Waals surface area contributed by atoms with E-state index in [0.717, 1.165) is 38.2 Å². The van der Waals surface area contributed by atoms with Gasteiger partial charge in [0.25, 0.3) is 0 Å². The molecule has 2 amide bonds. The number of carbonyl (C=O) groups excluding carboxylic acids is 1. The molecule has 28 heavy (non-hydrogen) atoms. The first kappa shape index (κ1) is 18.1. The smallest absolute Gasteiger partial charge is 0.308 e. The molecule has 0 saturated heterocycles. The first-order valence-corrected chi connectivity index (χ1v) is 9.80. The Morgan fingerprint density at radius 1 is 0.857 bits per heavy atom. The zero-order valence-corrected chi connectivity index (χ0v) is 16.7. The number of nitrogens with one attached hydrogen (secondary N) is 2. The van der Waals surface area contributed by atoms with Crippen LogP contribution in [0.15, 0.2) is 54.6 Å². The van der Waals surface area contributed by atoms with Crippen molar-refractivity contribution in [3.63, 3.8) is 0 Å². The largest absolute Gasteiger partial charge is 0.325 e. The van der Waals surface area contributed by atoms with Crippen LogP contribution in [0.5, 0.6) is 0 Å². The summed E-state index contributed by atoms with van der Waals surface area (Å²) in [6, 6.07) is 17.8. The van der Waals surface area contributed by atoms with E-state index in [2.05, 4.69) is 53.7 Å². The van der Waals surface area contributed by atoms with Crippen molar-refractivity contribution < 1.29 is 4.79 Å². The average Bonchev–Trinajstić information content (AvgIpc) is 3.08. The van der Waals surface area contributed by atoms with Gasteiger partial charge >= 0.3 is 6.03 Å². The van der Waals surface area contributed by atoms with Crippen molar-refractivity contribution in [1.29, 1.82) is 0 Å². The molecule has 4 rings (SSSR count). The van der Waals surface area contributed by atoms with Gasteiger partial charge in [0.1, 0.15) is 5.01 Å². The Morgan fingerprint density at radius 2 is 1.57 bits per heavy atom. The van der Waals surface area contributed by atoms with Crippen LogP contribution in [0.2, 0.25) is 0 Å². The standard InChI is InChI=1S/C22H20N4OS/c1-13-10-14(2)19(15(3)11-13)20-25-26-22(28-20)24-21(27)23-18-9-8-16-6-4-5-7-17(16)12-18/h4-12H,1-3H3,(H2,23,24,26,27). The number of aryl methyl sites for hydroxylation is 3. The molecule has 4 aromatic rings. The lowest BCUT2D eigenvalue weighted by molar-refractivity contribution is 0.262. The molecule has 6 heteroatoms. The van der Waals surface area contributed by atoms with E-state index in [4.69, 9.17) is 0 Å². The van der Waals surface area contributed by atoms with Crippen molar-refractivity contribution in [3.05, 3.63) is 71.3 Å². The van der Waals surface area contributed by atoms with Crippen molar-refractivity contribution in [1.82, 2.24) is 10.2 Å². The summed E-state index contributed by atoms with van der Waals surface area (Å²) in [7, 11) is 0. The van der Waals surface area contributed by atoms with E-state index >= 15 is 0 Å². The van der Waals surface area contributed by atoms with Crippen LogP contribution >= 0.6 is 11.3 Å². The Bertz CT molecular complexity index is 1160. The summed E-state index contributed by atoms with van der Waals surface area (Å²) in [6.45, 7) is 6.21. The third-order valence-electron chi connectivity index (χ3n) is 4.54. The van der Waals surface area contributed by atoms with Crippen LogP contribution in [0.3, 0.4) is 0 Å². The molecule has 0 aliphatic carbocycles. The van der Waals surface area contributed by atoms with Crippen LogP contribution < -0.4 is 10.6 Å². The zero-order valence-electron chi connectivity index (χ0n) is 15.9. The lowest BCUT2D eigenvalue weighted by Gasteiger charge is -2.08. The van der Waals surface area contributed by atoms with Gasteiger partial charge in [-0.3, -0.25) is 5.32 Å². The molecule has 0 unspecified atom stereocenters. The molecule has 0 atom stereocenters. The number of urea groups is 1. The van der Waals surface area contributed by atoms with Gasteiger partial charge in [0.2, 0.25) is 5.13 Å². The second-order valence-electron chi connectivity index (χ2n) is 6.83. The van der Waals surface area contributed by atoms with Gasteiger partial charge in [0.15, 0.2) is 0 Å². The van der Waals surface area contributed by atoms with E-state index in [1.807, 2.05) is 42.5 Å². The Hall–Kier alpha value is -3.25. The maximum atomic E-state index is 12.4. The van der Waals surface area contributed by atoms with Crippen molar-refractivity contribution in [3.8, 4) is 10.6 Å². The number of nitrogens with zero attached hydrogens (tertiary/aromatic N) is 2. The Morgan fingerprint density at radius 3 is 2.32 bits per heavy atom. The monoisotopic (exact) mass is 388 g/mol. The molecule has 0 radical (unpaired) electrons. The van der Waals surface area contributed by atoms with Crippen LogP contribution in [0.1, 0.15) is 16.7 Å². The summed E-state index contributed by atoms with van der Waals surface area (Å²) in [5.74, 6) is 0. The lowest BCUT2D eigenvalue weighted by atomic mass is 10.0. The first-order valence-electron chi connectivity index (χ1n) is 8.98. The maximum Gasteiger partial charge on any atom is 0.325 e. The number of amides is 2. The fourth-order valence-electron chi connectivity index (χ4n) is 3.42. The van der Waals surface area contributed by atoms with Gasteiger partial charge in [-0.05, 0) is 54.8 Å². The highest BCUT2D eigenvalue weighted by Crippen LogP contribution is 2.32. The van der Waals surface area contributed by atoms with Gasteiger partial charge in [-0.1, -0.05) is 59.4 Å². The van der Waals surface area contributed by atoms with Crippen molar-refractivity contribution >= 4 is 39.0 Å². The molecule has 1 heterocycles. The summed E-state index contributed by atoms with van der Waals surface area (Å²) in [6.07, 6.45) is 0. The topological polar surface area (TPSA) is 66.9 Å². The Balaban J connectivity index is 1.50. The van der Waals surface area contributed by atoms with Crippen LogP contribution in [-0.4, -0.2) is 16.2 Å². The van der Waals surface area contributed by atoms with Gasteiger partial charge in [-0.25, -0.2) is 4.79 Å². The van der Waals surface area contributed by atoms with E-state index in [0.29, 0.717) is 5.13 Å². The minimum atomic E-state index is -0.338. The summed E-state index contributed by atoms with van der Waals surface area (Å²) in [5, 5.41) is 17.5. The number of fused-ring (bicyclic) bond motifs is 1. The average molecular weight is 388 g/mol. The fourth-order valence-corrected chi connectivity index (χ4v) is 4.33. The fraction of sp³-hybridized carbons (Fsp3) is 0.136. The molecular weight excluding hydrogens is 368 g/mol. The molecule has 0 spiro atoms. The van der Waals surface area contributed by atoms with Gasteiger partial charge in [-0.2, -0.15) is 0 Å². The van der Waals surface area contributed by atoms with Crippen molar-refractivity contribution in [2.24, 2.45) is 0 Å². The van der Waals surface area contributed by atoms with Crippen LogP contribution in [0.4, 0.5) is 15.6 Å². The molecule has 5 nitrogen and oxygen atoms in total. The van der Waals surface area contributed by atoms with Crippen LogP contribution in [0, 0.1) is 20.8 Å². The number of carbonyl (C=O) groups is 1.